The Balaban J connectivity index is 2.68. The van der Waals surface area contributed by atoms with E-state index in [0.717, 1.165) is 11.8 Å². The maximum Gasteiger partial charge on any atom is -0.0178 e. The first-order valence-electron chi connectivity index (χ1n) is 5.57. The minimum Gasteiger partial charge on any atom is -0.0625 e. The van der Waals surface area contributed by atoms with Gasteiger partial charge in [-0.15, -0.1) is 0 Å². The Morgan fingerprint density at radius 1 is 0.929 bits per heavy atom. The third kappa shape index (κ3) is 3.95. The van der Waals surface area contributed by atoms with E-state index in [9.17, 15) is 0 Å². The summed E-state index contributed by atoms with van der Waals surface area (Å²) in [6, 6.07) is 9.80. The van der Waals surface area contributed by atoms with Crippen LogP contribution < -0.4 is 0 Å². The summed E-state index contributed by atoms with van der Waals surface area (Å²) in [6.45, 7) is 9.04. The van der Waals surface area contributed by atoms with Crippen LogP contribution in [0, 0.1) is 17.9 Å². The maximum atomic E-state index is 3.24. The van der Waals surface area contributed by atoms with Crippen molar-refractivity contribution < 1.29 is 0 Å². The highest BCUT2D eigenvalue weighted by atomic mass is 14.1. The Labute approximate surface area is 88.4 Å². The molecule has 1 aromatic rings. The second kappa shape index (κ2) is 5.19. The third-order valence-electron chi connectivity index (χ3n) is 2.20. The fourth-order valence-corrected chi connectivity index (χ4v) is 1.76. The van der Waals surface area contributed by atoms with Gasteiger partial charge in [0.05, 0.1) is 0 Å². The predicted octanol–water partition coefficient (Wildman–Crippen LogP) is 3.88. The monoisotopic (exact) mass is 189 g/mol. The fourth-order valence-electron chi connectivity index (χ4n) is 1.76. The van der Waals surface area contributed by atoms with Gasteiger partial charge in [0.15, 0.2) is 0 Å². The maximum absolute atomic E-state index is 3.24. The van der Waals surface area contributed by atoms with Crippen molar-refractivity contribution >= 4 is 0 Å². The molecule has 14 heavy (non-hydrogen) atoms. The summed E-state index contributed by atoms with van der Waals surface area (Å²) in [5.74, 6) is 1.47. The molecule has 0 atom stereocenters. The molecule has 1 radical (unpaired) electrons. The zero-order chi connectivity index (χ0) is 10.6. The number of benzene rings is 1. The van der Waals surface area contributed by atoms with Crippen LogP contribution in [0.1, 0.15) is 38.8 Å². The lowest BCUT2D eigenvalue weighted by Crippen LogP contribution is -1.98. The molecule has 0 saturated heterocycles. The Bertz CT molecular complexity index is 246. The van der Waals surface area contributed by atoms with Crippen LogP contribution in [0.15, 0.2) is 18.2 Å². The second-order valence-corrected chi connectivity index (χ2v) is 4.95. The molecule has 0 aliphatic heterocycles. The minimum atomic E-state index is 0.734. The molecule has 1 aromatic carbocycles. The standard InChI is InChI=1S/C14H21/c1-11(2)8-13-6-5-7-14(10-13)9-12(3)4/h6-7,10-12H,8-9H2,1-4H3. The molecule has 0 unspecified atom stereocenters. The molecule has 1 rings (SSSR count). The lowest BCUT2D eigenvalue weighted by molar-refractivity contribution is 0.636. The molecule has 0 aromatic heterocycles. The van der Waals surface area contributed by atoms with E-state index >= 15 is 0 Å². The zero-order valence-electron chi connectivity index (χ0n) is 9.80. The molecule has 0 spiro atoms. The smallest absolute Gasteiger partial charge is 0.0178 e. The van der Waals surface area contributed by atoms with Crippen molar-refractivity contribution in [3.05, 3.63) is 35.4 Å². The number of hydrogen-bond donors (Lipinski definition) is 0. The molecule has 0 N–H and O–H groups in total. The Morgan fingerprint density at radius 2 is 1.36 bits per heavy atom. The summed E-state index contributed by atoms with van der Waals surface area (Å²) >= 11 is 0. The van der Waals surface area contributed by atoms with Gasteiger partial charge in [0.1, 0.15) is 0 Å². The first-order chi connectivity index (χ1) is 6.58. The van der Waals surface area contributed by atoms with Gasteiger partial charge in [-0.05, 0) is 41.9 Å². The van der Waals surface area contributed by atoms with Gasteiger partial charge in [0.25, 0.3) is 0 Å². The van der Waals surface area contributed by atoms with Crippen LogP contribution in [0.4, 0.5) is 0 Å². The van der Waals surface area contributed by atoms with Gasteiger partial charge < -0.3 is 0 Å². The summed E-state index contributed by atoms with van der Waals surface area (Å²) in [5, 5.41) is 0. The van der Waals surface area contributed by atoms with Gasteiger partial charge in [-0.25, -0.2) is 0 Å². The van der Waals surface area contributed by atoms with Crippen LogP contribution in [0.3, 0.4) is 0 Å². The lowest BCUT2D eigenvalue weighted by Gasteiger charge is -2.08. The van der Waals surface area contributed by atoms with E-state index in [1.165, 1.54) is 24.0 Å². The average molecular weight is 189 g/mol. The van der Waals surface area contributed by atoms with Gasteiger partial charge in [0, 0.05) is 0 Å². The van der Waals surface area contributed by atoms with E-state index in [0.29, 0.717) is 0 Å². The van der Waals surface area contributed by atoms with Crippen molar-refractivity contribution in [2.24, 2.45) is 11.8 Å². The van der Waals surface area contributed by atoms with Crippen LogP contribution in [0.5, 0.6) is 0 Å². The molecule has 0 heteroatoms. The van der Waals surface area contributed by atoms with E-state index < -0.39 is 0 Å². The summed E-state index contributed by atoms with van der Waals surface area (Å²) in [5.41, 5.74) is 2.86. The molecular formula is C14H21. The SMILES string of the molecule is CC(C)Cc1c[c]cc(CC(C)C)c1. The second-order valence-electron chi connectivity index (χ2n) is 4.95. The average Bonchev–Trinajstić information content (AvgIpc) is 2.01. The summed E-state index contributed by atoms with van der Waals surface area (Å²) in [7, 11) is 0. The number of rotatable bonds is 4. The molecule has 0 aliphatic carbocycles. The van der Waals surface area contributed by atoms with E-state index in [2.05, 4.69) is 52.0 Å². The van der Waals surface area contributed by atoms with Crippen molar-refractivity contribution in [3.63, 3.8) is 0 Å². The molecule has 0 saturated carbocycles. The van der Waals surface area contributed by atoms with Gasteiger partial charge in [-0.1, -0.05) is 45.9 Å². The molecule has 0 nitrogen and oxygen atoms in total. The highest BCUT2D eigenvalue weighted by Crippen LogP contribution is 2.13. The molecular weight excluding hydrogens is 168 g/mol. The summed E-state index contributed by atoms with van der Waals surface area (Å²) < 4.78 is 0. The quantitative estimate of drug-likeness (QED) is 0.674. The van der Waals surface area contributed by atoms with E-state index in [1.54, 1.807) is 0 Å². The Hall–Kier alpha value is -0.780. The van der Waals surface area contributed by atoms with E-state index in [-0.39, 0.29) is 0 Å². The van der Waals surface area contributed by atoms with Gasteiger partial charge >= 0.3 is 0 Å². The largest absolute Gasteiger partial charge is 0.0625 e. The van der Waals surface area contributed by atoms with Gasteiger partial charge in [-0.3, -0.25) is 0 Å². The first-order valence-corrected chi connectivity index (χ1v) is 5.57. The van der Waals surface area contributed by atoms with Crippen LogP contribution in [0.25, 0.3) is 0 Å². The highest BCUT2D eigenvalue weighted by Gasteiger charge is 2.01. The molecule has 0 aliphatic rings. The normalized spacial score (nSPS) is 11.3. The van der Waals surface area contributed by atoms with E-state index in [4.69, 9.17) is 0 Å². The Kier molecular flexibility index (Phi) is 4.19. The van der Waals surface area contributed by atoms with Crippen LogP contribution in [-0.2, 0) is 12.8 Å². The van der Waals surface area contributed by atoms with Crippen LogP contribution in [-0.4, -0.2) is 0 Å². The first kappa shape index (κ1) is 11.3. The highest BCUT2D eigenvalue weighted by molar-refractivity contribution is 5.23. The topological polar surface area (TPSA) is 0 Å². The van der Waals surface area contributed by atoms with Crippen LogP contribution in [0.2, 0.25) is 0 Å². The zero-order valence-corrected chi connectivity index (χ0v) is 9.80. The molecule has 0 heterocycles. The van der Waals surface area contributed by atoms with Gasteiger partial charge in [-0.2, -0.15) is 0 Å². The van der Waals surface area contributed by atoms with Crippen molar-refractivity contribution in [2.45, 2.75) is 40.5 Å². The fraction of sp³-hybridized carbons (Fsp3) is 0.571. The number of hydrogen-bond acceptors (Lipinski definition) is 0. The minimum absolute atomic E-state index is 0.734. The molecule has 0 bridgehead atoms. The molecule has 77 valence electrons. The van der Waals surface area contributed by atoms with Crippen molar-refractivity contribution in [1.29, 1.82) is 0 Å². The van der Waals surface area contributed by atoms with Gasteiger partial charge in [0.2, 0.25) is 0 Å². The summed E-state index contributed by atoms with van der Waals surface area (Å²) in [6.07, 6.45) is 2.34. The Morgan fingerprint density at radius 3 is 1.71 bits per heavy atom. The summed E-state index contributed by atoms with van der Waals surface area (Å²) in [4.78, 5) is 0. The van der Waals surface area contributed by atoms with Crippen molar-refractivity contribution in [2.75, 3.05) is 0 Å². The molecule has 0 fully saturated rings. The van der Waals surface area contributed by atoms with E-state index in [1.807, 2.05) is 0 Å². The molecule has 0 amide bonds. The van der Waals surface area contributed by atoms with Crippen molar-refractivity contribution in [1.82, 2.24) is 0 Å². The predicted molar refractivity (Wildman–Crippen MR) is 62.4 cm³/mol. The van der Waals surface area contributed by atoms with Crippen molar-refractivity contribution in [3.8, 4) is 0 Å². The lowest BCUT2D eigenvalue weighted by atomic mass is 9.97. The van der Waals surface area contributed by atoms with Crippen LogP contribution >= 0.6 is 0 Å². The third-order valence-corrected chi connectivity index (χ3v) is 2.20.